The van der Waals surface area contributed by atoms with Crippen LogP contribution < -0.4 is 5.32 Å². The predicted octanol–water partition coefficient (Wildman–Crippen LogP) is 3.82. The van der Waals surface area contributed by atoms with Crippen molar-refractivity contribution < 1.29 is 4.79 Å². The van der Waals surface area contributed by atoms with Crippen molar-refractivity contribution in [2.75, 3.05) is 32.7 Å². The fourth-order valence-electron chi connectivity index (χ4n) is 3.72. The number of benzene rings is 2. The number of piperazine rings is 1. The third-order valence-electron chi connectivity index (χ3n) is 5.26. The quantitative estimate of drug-likeness (QED) is 0.606. The van der Waals surface area contributed by atoms with Gasteiger partial charge in [0.2, 0.25) is 5.91 Å². The molecule has 3 aromatic rings. The van der Waals surface area contributed by atoms with Crippen molar-refractivity contribution >= 4 is 28.8 Å². The van der Waals surface area contributed by atoms with Crippen molar-refractivity contribution in [3.8, 4) is 0 Å². The van der Waals surface area contributed by atoms with Crippen molar-refractivity contribution in [2.45, 2.75) is 12.6 Å². The Labute approximate surface area is 186 Å². The summed E-state index contributed by atoms with van der Waals surface area (Å²) in [6.07, 6.45) is 1.78. The van der Waals surface area contributed by atoms with Crippen LogP contribution in [0.1, 0.15) is 22.2 Å². The largest absolute Gasteiger partial charge is 0.342 e. The number of hydrogen-bond donors (Lipinski definition) is 1. The summed E-state index contributed by atoms with van der Waals surface area (Å²) in [4.78, 5) is 21.8. The highest BCUT2D eigenvalue weighted by Crippen LogP contribution is 2.23. The van der Waals surface area contributed by atoms with E-state index in [1.165, 1.54) is 5.56 Å². The lowest BCUT2D eigenvalue weighted by Crippen LogP contribution is -2.49. The zero-order chi connectivity index (χ0) is 20.8. The van der Waals surface area contributed by atoms with Gasteiger partial charge in [0.1, 0.15) is 11.0 Å². The molecule has 2 aromatic carbocycles. The van der Waals surface area contributed by atoms with Crippen LogP contribution in [0, 0.1) is 0 Å². The highest BCUT2D eigenvalue weighted by Gasteiger charge is 2.23. The number of nitrogens with zero attached hydrogens (tertiary/aromatic N) is 3. The van der Waals surface area contributed by atoms with Crippen LogP contribution in [-0.2, 0) is 11.3 Å². The Bertz CT molecular complexity index is 943. The molecule has 1 unspecified atom stereocenters. The standard InChI is InChI=1S/C23H25ClN4OS/c24-20-8-4-5-18(15-20)16-27-10-12-28(13-11-27)17-21(29)26-22(23-25-9-14-30-23)19-6-2-1-3-7-19/h1-9,14-15,22H,10-13,16-17H2,(H,26,29). The zero-order valence-corrected chi connectivity index (χ0v) is 18.3. The first-order chi connectivity index (χ1) is 14.7. The second-order valence-corrected chi connectivity index (χ2v) is 8.83. The summed E-state index contributed by atoms with van der Waals surface area (Å²) in [5.41, 5.74) is 2.27. The van der Waals surface area contributed by atoms with E-state index < -0.39 is 0 Å². The first kappa shape index (κ1) is 21.0. The van der Waals surface area contributed by atoms with Gasteiger partial charge in [-0.2, -0.15) is 0 Å². The van der Waals surface area contributed by atoms with Gasteiger partial charge in [0, 0.05) is 49.3 Å². The van der Waals surface area contributed by atoms with Gasteiger partial charge in [-0.3, -0.25) is 14.6 Å². The molecule has 1 amide bonds. The van der Waals surface area contributed by atoms with E-state index in [0.29, 0.717) is 6.54 Å². The molecule has 4 rings (SSSR count). The molecule has 1 aromatic heterocycles. The molecule has 1 fully saturated rings. The van der Waals surface area contributed by atoms with Gasteiger partial charge in [0.25, 0.3) is 0 Å². The molecule has 2 heterocycles. The Kier molecular flexibility index (Phi) is 7.12. The lowest BCUT2D eigenvalue weighted by atomic mass is 10.1. The Morgan fingerprint density at radius 1 is 1.07 bits per heavy atom. The summed E-state index contributed by atoms with van der Waals surface area (Å²) in [7, 11) is 0. The summed E-state index contributed by atoms with van der Waals surface area (Å²) in [5, 5.41) is 6.80. The van der Waals surface area contributed by atoms with Crippen LogP contribution in [-0.4, -0.2) is 53.4 Å². The van der Waals surface area contributed by atoms with Crippen LogP contribution in [0.4, 0.5) is 0 Å². The van der Waals surface area contributed by atoms with E-state index in [1.54, 1.807) is 17.5 Å². The van der Waals surface area contributed by atoms with E-state index in [2.05, 4.69) is 26.2 Å². The summed E-state index contributed by atoms with van der Waals surface area (Å²) < 4.78 is 0. The number of nitrogens with one attached hydrogen (secondary N) is 1. The molecule has 7 heteroatoms. The lowest BCUT2D eigenvalue weighted by Gasteiger charge is -2.34. The van der Waals surface area contributed by atoms with Crippen LogP contribution in [0.25, 0.3) is 0 Å². The van der Waals surface area contributed by atoms with E-state index in [-0.39, 0.29) is 11.9 Å². The second-order valence-electron chi connectivity index (χ2n) is 7.46. The third-order valence-corrected chi connectivity index (χ3v) is 6.34. The minimum absolute atomic E-state index is 0.0299. The molecule has 30 heavy (non-hydrogen) atoms. The average molecular weight is 441 g/mol. The number of aromatic nitrogens is 1. The van der Waals surface area contributed by atoms with E-state index in [4.69, 9.17) is 11.6 Å². The molecular formula is C23H25ClN4OS. The summed E-state index contributed by atoms with van der Waals surface area (Å²) >= 11 is 7.65. The molecule has 0 bridgehead atoms. The van der Waals surface area contributed by atoms with Gasteiger partial charge in [0.05, 0.1) is 6.54 Å². The molecule has 0 spiro atoms. The Balaban J connectivity index is 1.30. The average Bonchev–Trinajstić information content (AvgIpc) is 3.29. The van der Waals surface area contributed by atoms with Crippen molar-refractivity contribution in [1.82, 2.24) is 20.1 Å². The maximum absolute atomic E-state index is 12.8. The Hall–Kier alpha value is -2.25. The fraction of sp³-hybridized carbons (Fsp3) is 0.304. The number of amides is 1. The molecule has 0 saturated carbocycles. The van der Waals surface area contributed by atoms with Crippen molar-refractivity contribution in [2.24, 2.45) is 0 Å². The topological polar surface area (TPSA) is 48.5 Å². The van der Waals surface area contributed by atoms with Gasteiger partial charge in [-0.1, -0.05) is 54.1 Å². The monoisotopic (exact) mass is 440 g/mol. The first-order valence-corrected chi connectivity index (χ1v) is 11.4. The number of thiazole rings is 1. The minimum atomic E-state index is -0.206. The number of carbonyl (C=O) groups excluding carboxylic acids is 1. The van der Waals surface area contributed by atoms with Crippen molar-refractivity contribution in [1.29, 1.82) is 0 Å². The van der Waals surface area contributed by atoms with Crippen LogP contribution in [0.3, 0.4) is 0 Å². The second kappa shape index (κ2) is 10.2. The molecule has 1 atom stereocenters. The maximum atomic E-state index is 12.8. The molecule has 1 N–H and O–H groups in total. The van der Waals surface area contributed by atoms with Gasteiger partial charge in [-0.05, 0) is 23.3 Å². The van der Waals surface area contributed by atoms with Crippen molar-refractivity contribution in [3.63, 3.8) is 0 Å². The first-order valence-electron chi connectivity index (χ1n) is 10.1. The summed E-state index contributed by atoms with van der Waals surface area (Å²) in [5.74, 6) is 0.0299. The number of rotatable bonds is 7. The van der Waals surface area contributed by atoms with E-state index in [1.807, 2.05) is 53.9 Å². The van der Waals surface area contributed by atoms with Crippen LogP contribution in [0.15, 0.2) is 66.2 Å². The van der Waals surface area contributed by atoms with Gasteiger partial charge in [0.15, 0.2) is 0 Å². The number of carbonyl (C=O) groups is 1. The number of hydrogen-bond acceptors (Lipinski definition) is 5. The van der Waals surface area contributed by atoms with Gasteiger partial charge in [-0.15, -0.1) is 11.3 Å². The van der Waals surface area contributed by atoms with Crippen LogP contribution in [0.2, 0.25) is 5.02 Å². The smallest absolute Gasteiger partial charge is 0.235 e. The minimum Gasteiger partial charge on any atom is -0.342 e. The summed E-state index contributed by atoms with van der Waals surface area (Å²) in [6.45, 7) is 4.92. The number of halogens is 1. The van der Waals surface area contributed by atoms with Gasteiger partial charge >= 0.3 is 0 Å². The molecule has 1 aliphatic rings. The van der Waals surface area contributed by atoms with E-state index in [9.17, 15) is 4.79 Å². The zero-order valence-electron chi connectivity index (χ0n) is 16.7. The molecule has 0 aliphatic carbocycles. The molecular weight excluding hydrogens is 416 g/mol. The SMILES string of the molecule is O=C(CN1CCN(Cc2cccc(Cl)c2)CC1)NC(c1ccccc1)c1nccs1. The van der Waals surface area contributed by atoms with Crippen LogP contribution >= 0.6 is 22.9 Å². The van der Waals surface area contributed by atoms with Gasteiger partial charge < -0.3 is 5.32 Å². The van der Waals surface area contributed by atoms with Crippen molar-refractivity contribution in [3.05, 3.63) is 87.3 Å². The molecule has 0 radical (unpaired) electrons. The molecule has 156 valence electrons. The molecule has 1 aliphatic heterocycles. The van der Waals surface area contributed by atoms with Crippen LogP contribution in [0.5, 0.6) is 0 Å². The fourth-order valence-corrected chi connectivity index (χ4v) is 4.65. The highest BCUT2D eigenvalue weighted by atomic mass is 35.5. The van der Waals surface area contributed by atoms with Gasteiger partial charge in [-0.25, -0.2) is 4.98 Å². The summed E-state index contributed by atoms with van der Waals surface area (Å²) in [6, 6.07) is 17.8. The molecule has 1 saturated heterocycles. The lowest BCUT2D eigenvalue weighted by molar-refractivity contribution is -0.123. The third kappa shape index (κ3) is 5.67. The van der Waals surface area contributed by atoms with E-state index in [0.717, 1.165) is 48.3 Å². The highest BCUT2D eigenvalue weighted by molar-refractivity contribution is 7.09. The maximum Gasteiger partial charge on any atom is 0.235 e. The predicted molar refractivity (Wildman–Crippen MR) is 122 cm³/mol. The molecule has 5 nitrogen and oxygen atoms in total. The van der Waals surface area contributed by atoms with E-state index >= 15 is 0 Å². The normalized spacial score (nSPS) is 16.3. The Morgan fingerprint density at radius 2 is 1.83 bits per heavy atom. The Morgan fingerprint density at radius 3 is 2.53 bits per heavy atom.